The molecule has 0 amide bonds. The van der Waals surface area contributed by atoms with Gasteiger partial charge in [0.2, 0.25) is 5.95 Å². The number of aromatic nitrogens is 3. The molecule has 4 rings (SSSR count). The number of nitro benzene ring substituents is 1. The van der Waals surface area contributed by atoms with E-state index in [0.29, 0.717) is 5.69 Å². The number of nitrogen functional groups attached to an aromatic ring is 1. The minimum absolute atomic E-state index is 0.00678. The number of phenolic OH excluding ortho intramolecular Hbond substituents is 1. The highest BCUT2D eigenvalue weighted by atomic mass is 19.1. The summed E-state index contributed by atoms with van der Waals surface area (Å²) in [4.78, 5) is 33.4. The first-order valence-corrected chi connectivity index (χ1v) is 7.85. The zero-order valence-electron chi connectivity index (χ0n) is 13.9. The average molecular weight is 382 g/mol. The maximum atomic E-state index is 13.3. The quantitative estimate of drug-likeness (QED) is 0.182. The number of hydrogen-bond donors (Lipinski definition) is 4. The first-order valence-electron chi connectivity index (χ1n) is 7.85. The summed E-state index contributed by atoms with van der Waals surface area (Å²) >= 11 is 0. The zero-order chi connectivity index (χ0) is 20.0. The van der Waals surface area contributed by atoms with E-state index in [0.717, 1.165) is 12.1 Å². The summed E-state index contributed by atoms with van der Waals surface area (Å²) in [6, 6.07) is 6.09. The largest absolute Gasteiger partial charge is 0.502 e. The van der Waals surface area contributed by atoms with Gasteiger partial charge in [0.15, 0.2) is 5.75 Å². The van der Waals surface area contributed by atoms with Crippen molar-refractivity contribution >= 4 is 44.8 Å². The lowest BCUT2D eigenvalue weighted by Crippen LogP contribution is -2.09. The van der Waals surface area contributed by atoms with Gasteiger partial charge >= 0.3 is 5.69 Å². The molecular weight excluding hydrogens is 371 g/mol. The number of nitrogens with zero attached hydrogens (tertiary/aromatic N) is 3. The van der Waals surface area contributed by atoms with Gasteiger partial charge in [0.25, 0.3) is 5.56 Å². The molecule has 0 saturated carbocycles. The second-order valence-corrected chi connectivity index (χ2v) is 5.91. The van der Waals surface area contributed by atoms with Crippen molar-refractivity contribution in [3.05, 3.63) is 62.8 Å². The van der Waals surface area contributed by atoms with Crippen LogP contribution in [-0.4, -0.2) is 25.0 Å². The number of nitro groups is 1. The van der Waals surface area contributed by atoms with Gasteiger partial charge in [-0.3, -0.25) is 14.9 Å². The Hall–Kier alpha value is -4.28. The molecule has 10 nitrogen and oxygen atoms in total. The third kappa shape index (κ3) is 2.80. The first kappa shape index (κ1) is 17.1. The van der Waals surface area contributed by atoms with E-state index in [4.69, 9.17) is 5.73 Å². The number of nitrogens with one attached hydrogen (secondary N) is 2. The van der Waals surface area contributed by atoms with Crippen molar-refractivity contribution < 1.29 is 14.4 Å². The molecule has 0 fully saturated rings. The van der Waals surface area contributed by atoms with Gasteiger partial charge in [0, 0.05) is 17.1 Å². The number of aromatic hydroxyl groups is 1. The zero-order valence-corrected chi connectivity index (χ0v) is 13.9. The molecule has 0 atom stereocenters. The van der Waals surface area contributed by atoms with Gasteiger partial charge in [-0.2, -0.15) is 0 Å². The third-order valence-corrected chi connectivity index (χ3v) is 4.10. The summed E-state index contributed by atoms with van der Waals surface area (Å²) in [7, 11) is 0. The molecule has 11 heteroatoms. The number of H-pyrrole nitrogens is 1. The Kier molecular flexibility index (Phi) is 3.77. The van der Waals surface area contributed by atoms with Crippen LogP contribution in [0.2, 0.25) is 0 Å². The average Bonchev–Trinajstić information content (AvgIpc) is 2.65. The first-order chi connectivity index (χ1) is 13.3. The highest BCUT2D eigenvalue weighted by molar-refractivity contribution is 6.04. The predicted octanol–water partition coefficient (Wildman–Crippen LogP) is 2.55. The lowest BCUT2D eigenvalue weighted by molar-refractivity contribution is -0.385. The molecule has 5 N–H and O–H groups in total. The van der Waals surface area contributed by atoms with Crippen molar-refractivity contribution in [2.45, 2.75) is 0 Å². The fourth-order valence-corrected chi connectivity index (χ4v) is 2.79. The van der Waals surface area contributed by atoms with Crippen LogP contribution in [0, 0.1) is 15.9 Å². The van der Waals surface area contributed by atoms with Gasteiger partial charge < -0.3 is 21.1 Å². The van der Waals surface area contributed by atoms with E-state index >= 15 is 0 Å². The van der Waals surface area contributed by atoms with Crippen molar-refractivity contribution in [2.24, 2.45) is 0 Å². The molecule has 0 bridgehead atoms. The Balaban J connectivity index is 1.90. The Morgan fingerprint density at radius 3 is 2.75 bits per heavy atom. The van der Waals surface area contributed by atoms with Gasteiger partial charge in [0.1, 0.15) is 11.3 Å². The molecule has 0 aliphatic rings. The van der Waals surface area contributed by atoms with Gasteiger partial charge in [-0.05, 0) is 24.3 Å². The lowest BCUT2D eigenvalue weighted by atomic mass is 10.1. The van der Waals surface area contributed by atoms with Crippen LogP contribution in [0.3, 0.4) is 0 Å². The van der Waals surface area contributed by atoms with E-state index in [1.807, 2.05) is 0 Å². The van der Waals surface area contributed by atoms with Crippen molar-refractivity contribution in [3.8, 4) is 5.75 Å². The van der Waals surface area contributed by atoms with E-state index < -0.39 is 27.7 Å². The van der Waals surface area contributed by atoms with Crippen LogP contribution in [-0.2, 0) is 0 Å². The molecule has 2 aromatic carbocycles. The number of hydrogen-bond acceptors (Lipinski definition) is 8. The van der Waals surface area contributed by atoms with Gasteiger partial charge in [-0.1, -0.05) is 0 Å². The molecule has 0 aliphatic carbocycles. The smallest absolute Gasteiger partial charge is 0.311 e. The van der Waals surface area contributed by atoms with Crippen LogP contribution in [0.5, 0.6) is 5.75 Å². The standard InChI is InChI=1S/C17H11FN6O4/c18-10-2-1-7(3-11(10)19)21-17-20-6-12-15(23-17)8-5-14(25)13(24(27)28)4-9(8)16(26)22-12/h1-6,25H,19H2,(H,22,26)(H,20,21,23). The highest BCUT2D eigenvalue weighted by Gasteiger charge is 2.18. The van der Waals surface area contributed by atoms with Crippen LogP contribution in [0.1, 0.15) is 0 Å². The van der Waals surface area contributed by atoms with Crippen LogP contribution in [0.4, 0.5) is 27.4 Å². The van der Waals surface area contributed by atoms with Crippen LogP contribution < -0.4 is 16.6 Å². The lowest BCUT2D eigenvalue weighted by Gasteiger charge is -2.08. The molecule has 0 spiro atoms. The summed E-state index contributed by atoms with van der Waals surface area (Å²) in [5, 5.41) is 24.0. The molecule has 2 aromatic heterocycles. The summed E-state index contributed by atoms with van der Waals surface area (Å²) in [5.41, 5.74) is 5.27. The molecule has 4 aromatic rings. The highest BCUT2D eigenvalue weighted by Crippen LogP contribution is 2.32. The fraction of sp³-hybridized carbons (Fsp3) is 0. The Morgan fingerprint density at radius 2 is 2.04 bits per heavy atom. The maximum absolute atomic E-state index is 13.3. The van der Waals surface area contributed by atoms with Crippen molar-refractivity contribution in [3.63, 3.8) is 0 Å². The number of halogens is 1. The van der Waals surface area contributed by atoms with Gasteiger partial charge in [-0.15, -0.1) is 0 Å². The monoisotopic (exact) mass is 382 g/mol. The molecule has 140 valence electrons. The molecule has 0 unspecified atom stereocenters. The topological polar surface area (TPSA) is 160 Å². The van der Waals surface area contributed by atoms with Crippen molar-refractivity contribution in [1.82, 2.24) is 15.0 Å². The summed E-state index contributed by atoms with van der Waals surface area (Å²) in [6.07, 6.45) is 1.34. The van der Waals surface area contributed by atoms with Crippen LogP contribution in [0.15, 0.2) is 41.3 Å². The Morgan fingerprint density at radius 1 is 1.25 bits per heavy atom. The number of aromatic amines is 1. The number of anilines is 3. The molecule has 0 radical (unpaired) electrons. The van der Waals surface area contributed by atoms with E-state index in [9.17, 15) is 24.4 Å². The molecule has 0 aliphatic heterocycles. The normalized spacial score (nSPS) is 11.0. The summed E-state index contributed by atoms with van der Waals surface area (Å²) in [5.74, 6) is -1.04. The fourth-order valence-electron chi connectivity index (χ4n) is 2.79. The minimum Gasteiger partial charge on any atom is -0.502 e. The predicted molar refractivity (Wildman–Crippen MR) is 100 cm³/mol. The Labute approximate surface area is 154 Å². The third-order valence-electron chi connectivity index (χ3n) is 4.10. The number of benzene rings is 2. The molecular formula is C17H11FN6O4. The van der Waals surface area contributed by atoms with Crippen LogP contribution >= 0.6 is 0 Å². The molecule has 2 heterocycles. The SMILES string of the molecule is Nc1cc(Nc2ncc3[nH]c(=O)c4cc([N+](=O)[O-])c(O)cc4c3n2)ccc1F. The van der Waals surface area contributed by atoms with Crippen molar-refractivity contribution in [1.29, 1.82) is 0 Å². The van der Waals surface area contributed by atoms with Crippen LogP contribution in [0.25, 0.3) is 21.8 Å². The summed E-state index contributed by atoms with van der Waals surface area (Å²) < 4.78 is 13.3. The molecule has 28 heavy (non-hydrogen) atoms. The number of rotatable bonds is 3. The van der Waals surface area contributed by atoms with E-state index in [1.54, 1.807) is 0 Å². The molecule has 0 saturated heterocycles. The minimum atomic E-state index is -0.787. The maximum Gasteiger partial charge on any atom is 0.311 e. The Bertz CT molecular complexity index is 1340. The van der Waals surface area contributed by atoms with E-state index in [1.165, 1.54) is 24.4 Å². The summed E-state index contributed by atoms with van der Waals surface area (Å²) in [6.45, 7) is 0. The van der Waals surface area contributed by atoms with E-state index in [2.05, 4.69) is 20.3 Å². The van der Waals surface area contributed by atoms with Gasteiger partial charge in [0.05, 0.1) is 27.7 Å². The number of fused-ring (bicyclic) bond motifs is 3. The van der Waals surface area contributed by atoms with E-state index in [-0.39, 0.29) is 33.4 Å². The second kappa shape index (κ2) is 6.16. The second-order valence-electron chi connectivity index (χ2n) is 5.91. The van der Waals surface area contributed by atoms with Crippen molar-refractivity contribution in [2.75, 3.05) is 11.1 Å². The number of pyridine rings is 1. The number of nitrogens with two attached hydrogens (primary N) is 1. The van der Waals surface area contributed by atoms with Gasteiger partial charge in [-0.25, -0.2) is 14.4 Å². The number of phenols is 1.